The number of ether oxygens (including phenoxy) is 4. The smallest absolute Gasteiger partial charge is 0.416 e. The van der Waals surface area contributed by atoms with E-state index in [1.165, 1.54) is 12.1 Å². The Morgan fingerprint density at radius 3 is 2.33 bits per heavy atom. The number of alkyl halides is 3. The molecule has 0 bridgehead atoms. The zero-order valence-corrected chi connectivity index (χ0v) is 19.8. The van der Waals surface area contributed by atoms with Crippen LogP contribution in [0.4, 0.5) is 13.2 Å². The van der Waals surface area contributed by atoms with Crippen molar-refractivity contribution < 1.29 is 36.9 Å². The summed E-state index contributed by atoms with van der Waals surface area (Å²) in [5.41, 5.74) is 0.188. The van der Waals surface area contributed by atoms with E-state index in [1.807, 2.05) is 32.0 Å². The molecule has 2 rings (SSSR count). The van der Waals surface area contributed by atoms with Crippen LogP contribution in [0.3, 0.4) is 0 Å². The summed E-state index contributed by atoms with van der Waals surface area (Å²) in [6.07, 6.45) is -4.37. The van der Waals surface area contributed by atoms with Crippen LogP contribution >= 0.6 is 11.8 Å². The molecule has 5 nitrogen and oxygen atoms in total. The Balaban J connectivity index is 1.90. The zero-order chi connectivity index (χ0) is 24.3. The molecule has 0 N–H and O–H groups in total. The van der Waals surface area contributed by atoms with Crippen LogP contribution in [-0.4, -0.2) is 44.8 Å². The highest BCUT2D eigenvalue weighted by molar-refractivity contribution is 7.99. The number of esters is 1. The molecule has 0 heterocycles. The second-order valence-corrected chi connectivity index (χ2v) is 8.28. The van der Waals surface area contributed by atoms with Gasteiger partial charge in [0, 0.05) is 23.2 Å². The number of halogens is 3. The number of rotatable bonds is 13. The lowest BCUT2D eigenvalue weighted by Gasteiger charge is -2.18. The highest BCUT2D eigenvalue weighted by Crippen LogP contribution is 2.31. The first kappa shape index (κ1) is 26.9. The van der Waals surface area contributed by atoms with Crippen molar-refractivity contribution in [2.24, 2.45) is 5.92 Å². The Bertz CT molecular complexity index is 871. The van der Waals surface area contributed by atoms with Crippen LogP contribution in [0.2, 0.25) is 0 Å². The maximum absolute atomic E-state index is 12.7. The van der Waals surface area contributed by atoms with E-state index in [-0.39, 0.29) is 12.5 Å². The van der Waals surface area contributed by atoms with Gasteiger partial charge in [-0.15, -0.1) is 11.8 Å². The van der Waals surface area contributed by atoms with Crippen LogP contribution in [0.15, 0.2) is 47.4 Å². The second-order valence-electron chi connectivity index (χ2n) is 7.19. The van der Waals surface area contributed by atoms with Crippen molar-refractivity contribution in [3.63, 3.8) is 0 Å². The molecule has 1 atom stereocenters. The van der Waals surface area contributed by atoms with Crippen LogP contribution < -0.4 is 9.47 Å². The summed E-state index contributed by atoms with van der Waals surface area (Å²) in [6, 6.07) is 10.4. The van der Waals surface area contributed by atoms with Gasteiger partial charge in [-0.2, -0.15) is 13.2 Å². The molecule has 9 heteroatoms. The molecule has 2 aromatic carbocycles. The Morgan fingerprint density at radius 1 is 1.00 bits per heavy atom. The minimum Gasteiger partial charge on any atom is -0.493 e. The summed E-state index contributed by atoms with van der Waals surface area (Å²) in [6.45, 7) is 7.06. The number of hydrogen-bond acceptors (Lipinski definition) is 6. The molecule has 0 amide bonds. The highest BCUT2D eigenvalue weighted by atomic mass is 32.2. The Kier molecular flexibility index (Phi) is 10.9. The first-order valence-corrected chi connectivity index (χ1v) is 11.6. The minimum atomic E-state index is -4.37. The molecule has 0 spiro atoms. The van der Waals surface area contributed by atoms with Gasteiger partial charge in [0.2, 0.25) is 0 Å². The normalized spacial score (nSPS) is 12.3. The lowest BCUT2D eigenvalue weighted by molar-refractivity contribution is -0.145. The first-order valence-electron chi connectivity index (χ1n) is 10.6. The SMILES string of the molecule is CCOCC(COc1ccc(C(F)(F)F)cc1)CSc1ccc(OCC(=O)OCC)c(C)c1. The Hall–Kier alpha value is -2.39. The van der Waals surface area contributed by atoms with Gasteiger partial charge in [-0.1, -0.05) is 0 Å². The predicted octanol–water partition coefficient (Wildman–Crippen LogP) is 5.78. The van der Waals surface area contributed by atoms with Crippen molar-refractivity contribution in [2.45, 2.75) is 31.8 Å². The van der Waals surface area contributed by atoms with Gasteiger partial charge in [0.1, 0.15) is 11.5 Å². The van der Waals surface area contributed by atoms with Gasteiger partial charge in [-0.3, -0.25) is 0 Å². The Labute approximate surface area is 196 Å². The molecule has 0 aliphatic heterocycles. The summed E-state index contributed by atoms with van der Waals surface area (Å²) in [5.74, 6) is 1.32. The number of benzene rings is 2. The van der Waals surface area contributed by atoms with E-state index in [2.05, 4.69) is 0 Å². The standard InChI is InChI=1S/C24H29F3O5S/c1-4-29-13-18(14-31-20-8-6-19(7-9-20)24(25,26)27)16-33-21-10-11-22(17(3)12-21)32-15-23(28)30-5-2/h6-12,18H,4-5,13-16H2,1-3H3. The number of carbonyl (C=O) groups is 1. The molecule has 33 heavy (non-hydrogen) atoms. The maximum Gasteiger partial charge on any atom is 0.416 e. The van der Waals surface area contributed by atoms with E-state index in [4.69, 9.17) is 18.9 Å². The van der Waals surface area contributed by atoms with Gasteiger partial charge in [0.05, 0.1) is 25.4 Å². The predicted molar refractivity (Wildman–Crippen MR) is 121 cm³/mol. The van der Waals surface area contributed by atoms with E-state index < -0.39 is 17.7 Å². The van der Waals surface area contributed by atoms with E-state index in [0.717, 1.165) is 22.6 Å². The van der Waals surface area contributed by atoms with Crippen molar-refractivity contribution in [2.75, 3.05) is 38.8 Å². The lowest BCUT2D eigenvalue weighted by Crippen LogP contribution is -2.20. The van der Waals surface area contributed by atoms with Crippen molar-refractivity contribution in [1.82, 2.24) is 0 Å². The topological polar surface area (TPSA) is 54.0 Å². The van der Waals surface area contributed by atoms with E-state index in [1.54, 1.807) is 18.7 Å². The molecule has 0 saturated heterocycles. The summed E-state index contributed by atoms with van der Waals surface area (Å²) in [7, 11) is 0. The lowest BCUT2D eigenvalue weighted by atomic mass is 10.2. The third-order valence-electron chi connectivity index (χ3n) is 4.51. The number of hydrogen-bond donors (Lipinski definition) is 0. The number of carbonyl (C=O) groups excluding carboxylic acids is 1. The zero-order valence-electron chi connectivity index (χ0n) is 18.9. The second kappa shape index (κ2) is 13.3. The molecule has 0 saturated carbocycles. The molecule has 2 aromatic rings. The van der Waals surface area contributed by atoms with Crippen LogP contribution in [0.25, 0.3) is 0 Å². The van der Waals surface area contributed by atoms with Crippen molar-refractivity contribution in [1.29, 1.82) is 0 Å². The highest BCUT2D eigenvalue weighted by Gasteiger charge is 2.30. The quantitative estimate of drug-likeness (QED) is 0.264. The third-order valence-corrected chi connectivity index (χ3v) is 5.73. The average molecular weight is 487 g/mol. The van der Waals surface area contributed by atoms with Gasteiger partial charge in [0.15, 0.2) is 6.61 Å². The molecule has 0 aromatic heterocycles. The van der Waals surface area contributed by atoms with Crippen LogP contribution in [0, 0.1) is 12.8 Å². The molecular weight excluding hydrogens is 457 g/mol. The van der Waals surface area contributed by atoms with Gasteiger partial charge in [-0.25, -0.2) is 4.79 Å². The van der Waals surface area contributed by atoms with E-state index in [9.17, 15) is 18.0 Å². The monoisotopic (exact) mass is 486 g/mol. The molecule has 1 unspecified atom stereocenters. The average Bonchev–Trinajstić information content (AvgIpc) is 2.78. The van der Waals surface area contributed by atoms with Gasteiger partial charge in [0.25, 0.3) is 0 Å². The largest absolute Gasteiger partial charge is 0.493 e. The van der Waals surface area contributed by atoms with Crippen molar-refractivity contribution in [3.8, 4) is 11.5 Å². The fourth-order valence-electron chi connectivity index (χ4n) is 2.81. The van der Waals surface area contributed by atoms with E-state index >= 15 is 0 Å². The fraction of sp³-hybridized carbons (Fsp3) is 0.458. The van der Waals surface area contributed by atoms with Crippen LogP contribution in [0.1, 0.15) is 25.0 Å². The number of thioether (sulfide) groups is 1. The number of aryl methyl sites for hydroxylation is 1. The van der Waals surface area contributed by atoms with Crippen LogP contribution in [-0.2, 0) is 20.4 Å². The van der Waals surface area contributed by atoms with Gasteiger partial charge < -0.3 is 18.9 Å². The summed E-state index contributed by atoms with van der Waals surface area (Å²) in [5, 5.41) is 0. The molecule has 0 aliphatic carbocycles. The van der Waals surface area contributed by atoms with E-state index in [0.29, 0.717) is 43.7 Å². The summed E-state index contributed by atoms with van der Waals surface area (Å²) < 4.78 is 59.8. The fourth-order valence-corrected chi connectivity index (χ4v) is 3.86. The molecule has 0 radical (unpaired) electrons. The Morgan fingerprint density at radius 2 is 1.73 bits per heavy atom. The van der Waals surface area contributed by atoms with Crippen molar-refractivity contribution >= 4 is 17.7 Å². The molecule has 0 fully saturated rings. The summed E-state index contributed by atoms with van der Waals surface area (Å²) in [4.78, 5) is 12.5. The third kappa shape index (κ3) is 9.55. The first-order chi connectivity index (χ1) is 15.7. The van der Waals surface area contributed by atoms with Gasteiger partial charge >= 0.3 is 12.1 Å². The van der Waals surface area contributed by atoms with Crippen LogP contribution in [0.5, 0.6) is 11.5 Å². The molecular formula is C24H29F3O5S. The molecule has 0 aliphatic rings. The van der Waals surface area contributed by atoms with Gasteiger partial charge in [-0.05, 0) is 68.8 Å². The maximum atomic E-state index is 12.7. The van der Waals surface area contributed by atoms with Crippen molar-refractivity contribution in [3.05, 3.63) is 53.6 Å². The minimum absolute atomic E-state index is 0.0392. The molecule has 182 valence electrons. The summed E-state index contributed by atoms with van der Waals surface area (Å²) >= 11 is 1.62.